The van der Waals surface area contributed by atoms with Crippen LogP contribution in [0.25, 0.3) is 11.1 Å². The molecule has 5 heteroatoms. The van der Waals surface area contributed by atoms with Crippen LogP contribution in [0.15, 0.2) is 59.1 Å². The highest BCUT2D eigenvalue weighted by atomic mass is 79.9. The van der Waals surface area contributed by atoms with Crippen LogP contribution in [0.1, 0.15) is 35.9 Å². The summed E-state index contributed by atoms with van der Waals surface area (Å²) in [6.45, 7) is 4.09. The third kappa shape index (κ3) is 3.26. The monoisotopic (exact) mass is 383 g/mol. The quantitative estimate of drug-likeness (QED) is 0.648. The lowest BCUT2D eigenvalue weighted by Crippen LogP contribution is -2.13. The number of aromatic amines is 1. The Hall–Kier alpha value is -2.40. The highest BCUT2D eigenvalue weighted by molar-refractivity contribution is 9.10. The maximum Gasteiger partial charge on any atom is 0.277 e. The Morgan fingerprint density at radius 3 is 2.42 bits per heavy atom. The summed E-state index contributed by atoms with van der Waals surface area (Å²) >= 11 is 3.47. The Morgan fingerprint density at radius 2 is 1.75 bits per heavy atom. The van der Waals surface area contributed by atoms with Crippen LogP contribution in [0.3, 0.4) is 0 Å². The van der Waals surface area contributed by atoms with Crippen LogP contribution in [0.2, 0.25) is 0 Å². The van der Waals surface area contributed by atoms with Crippen LogP contribution >= 0.6 is 15.9 Å². The first-order valence-electron chi connectivity index (χ1n) is 7.77. The van der Waals surface area contributed by atoms with E-state index in [1.807, 2.05) is 68.4 Å². The van der Waals surface area contributed by atoms with Crippen molar-refractivity contribution in [3.63, 3.8) is 0 Å². The topological polar surface area (TPSA) is 57.8 Å². The largest absolute Gasteiger partial charge is 0.320 e. The minimum absolute atomic E-state index is 0.242. The van der Waals surface area contributed by atoms with Crippen molar-refractivity contribution in [2.45, 2.75) is 19.8 Å². The maximum absolute atomic E-state index is 12.6. The molecule has 2 N–H and O–H groups in total. The minimum Gasteiger partial charge on any atom is -0.320 e. The molecule has 3 aromatic rings. The zero-order valence-electron chi connectivity index (χ0n) is 13.5. The maximum atomic E-state index is 12.6. The van der Waals surface area contributed by atoms with Gasteiger partial charge in [0.1, 0.15) is 0 Å². The van der Waals surface area contributed by atoms with Crippen molar-refractivity contribution in [2.24, 2.45) is 0 Å². The molecule has 0 fully saturated rings. The van der Waals surface area contributed by atoms with E-state index in [4.69, 9.17) is 0 Å². The van der Waals surface area contributed by atoms with Gasteiger partial charge in [0.25, 0.3) is 5.91 Å². The Kier molecular flexibility index (Phi) is 4.81. The molecule has 1 aromatic heterocycles. The number of para-hydroxylation sites is 1. The first-order chi connectivity index (χ1) is 11.6. The van der Waals surface area contributed by atoms with Crippen LogP contribution in [0.5, 0.6) is 0 Å². The van der Waals surface area contributed by atoms with Crippen LogP contribution in [0, 0.1) is 0 Å². The van der Waals surface area contributed by atoms with E-state index in [1.54, 1.807) is 0 Å². The first-order valence-corrected chi connectivity index (χ1v) is 8.56. The van der Waals surface area contributed by atoms with E-state index in [0.29, 0.717) is 10.2 Å². The molecule has 0 spiro atoms. The number of anilines is 1. The number of aromatic nitrogens is 2. The van der Waals surface area contributed by atoms with Gasteiger partial charge in [-0.3, -0.25) is 9.89 Å². The molecule has 0 aliphatic carbocycles. The Bertz CT molecular complexity index is 856. The van der Waals surface area contributed by atoms with Crippen molar-refractivity contribution in [2.75, 3.05) is 5.32 Å². The molecule has 24 heavy (non-hydrogen) atoms. The van der Waals surface area contributed by atoms with E-state index in [9.17, 15) is 4.79 Å². The molecule has 0 aliphatic heterocycles. The highest BCUT2D eigenvalue weighted by Gasteiger charge is 2.20. The van der Waals surface area contributed by atoms with E-state index in [2.05, 4.69) is 31.4 Å². The average Bonchev–Trinajstić information content (AvgIpc) is 2.98. The van der Waals surface area contributed by atoms with Crippen LogP contribution in [-0.4, -0.2) is 16.1 Å². The number of H-pyrrole nitrogens is 1. The lowest BCUT2D eigenvalue weighted by Gasteiger charge is -2.10. The molecule has 0 bridgehead atoms. The molecule has 0 unspecified atom stereocenters. The number of hydrogen-bond acceptors (Lipinski definition) is 2. The zero-order valence-corrected chi connectivity index (χ0v) is 15.1. The lowest BCUT2D eigenvalue weighted by atomic mass is 10.0. The van der Waals surface area contributed by atoms with E-state index >= 15 is 0 Å². The predicted molar refractivity (Wildman–Crippen MR) is 100 cm³/mol. The molecule has 0 atom stereocenters. The van der Waals surface area contributed by atoms with Gasteiger partial charge < -0.3 is 5.32 Å². The summed E-state index contributed by atoms with van der Waals surface area (Å²) in [5.74, 6) is 0.0124. The molecule has 0 saturated heterocycles. The molecule has 122 valence electrons. The van der Waals surface area contributed by atoms with Crippen molar-refractivity contribution in [1.82, 2.24) is 10.2 Å². The number of amides is 1. The molecule has 0 saturated carbocycles. The van der Waals surface area contributed by atoms with E-state index in [1.165, 1.54) is 0 Å². The van der Waals surface area contributed by atoms with Crippen molar-refractivity contribution in [3.8, 4) is 11.1 Å². The van der Waals surface area contributed by atoms with E-state index in [0.717, 1.165) is 22.5 Å². The summed E-state index contributed by atoms with van der Waals surface area (Å²) < 4.78 is 0.715. The fraction of sp³-hybridized carbons (Fsp3) is 0.158. The summed E-state index contributed by atoms with van der Waals surface area (Å²) in [5, 5.41) is 10.0. The first kappa shape index (κ1) is 16.5. The van der Waals surface area contributed by atoms with Gasteiger partial charge in [0, 0.05) is 11.3 Å². The second-order valence-electron chi connectivity index (χ2n) is 5.82. The minimum atomic E-state index is -0.242. The smallest absolute Gasteiger partial charge is 0.277 e. The number of nitrogens with one attached hydrogen (secondary N) is 2. The molecule has 0 radical (unpaired) electrons. The lowest BCUT2D eigenvalue weighted by molar-refractivity contribution is 0.102. The van der Waals surface area contributed by atoms with Crippen LogP contribution in [0.4, 0.5) is 5.69 Å². The fourth-order valence-electron chi connectivity index (χ4n) is 2.52. The van der Waals surface area contributed by atoms with Gasteiger partial charge in [-0.15, -0.1) is 0 Å². The average molecular weight is 384 g/mol. The Labute approximate surface area is 149 Å². The van der Waals surface area contributed by atoms with Gasteiger partial charge in [0.15, 0.2) is 5.69 Å². The number of carbonyl (C=O) groups is 1. The van der Waals surface area contributed by atoms with E-state index < -0.39 is 0 Å². The van der Waals surface area contributed by atoms with Crippen molar-refractivity contribution < 1.29 is 4.79 Å². The molecule has 0 aliphatic rings. The summed E-state index contributed by atoms with van der Waals surface area (Å²) in [6.07, 6.45) is 0. The second-order valence-corrected chi connectivity index (χ2v) is 6.61. The standard InChI is InChI=1S/C19H18BrN3O/c1-12(2)17-16(20)18(23-22-17)19(24)21-15-11-7-6-10-14(15)13-8-4-3-5-9-13/h3-12H,1-2H3,(H,21,24)(H,22,23). The second kappa shape index (κ2) is 7.01. The van der Waals surface area contributed by atoms with Gasteiger partial charge in [-0.05, 0) is 33.5 Å². The van der Waals surface area contributed by atoms with Gasteiger partial charge in [-0.2, -0.15) is 5.10 Å². The number of rotatable bonds is 4. The van der Waals surface area contributed by atoms with Crippen LogP contribution < -0.4 is 5.32 Å². The molecular formula is C19H18BrN3O. The fourth-order valence-corrected chi connectivity index (χ4v) is 3.33. The van der Waals surface area contributed by atoms with Crippen molar-refractivity contribution >= 4 is 27.5 Å². The van der Waals surface area contributed by atoms with Gasteiger partial charge in [0.2, 0.25) is 0 Å². The summed E-state index contributed by atoms with van der Waals surface area (Å²) in [6, 6.07) is 17.7. The summed E-state index contributed by atoms with van der Waals surface area (Å²) in [5.41, 5.74) is 4.06. The Balaban J connectivity index is 1.91. The van der Waals surface area contributed by atoms with Crippen molar-refractivity contribution in [1.29, 1.82) is 0 Å². The number of halogens is 1. The molecule has 2 aromatic carbocycles. The summed E-state index contributed by atoms with van der Waals surface area (Å²) in [4.78, 5) is 12.6. The SMILES string of the molecule is CC(C)c1[nH]nc(C(=O)Nc2ccccc2-c2ccccc2)c1Br. The van der Waals surface area contributed by atoms with Gasteiger partial charge in [0.05, 0.1) is 10.2 Å². The van der Waals surface area contributed by atoms with Gasteiger partial charge >= 0.3 is 0 Å². The van der Waals surface area contributed by atoms with E-state index in [-0.39, 0.29) is 11.8 Å². The number of nitrogens with zero attached hydrogens (tertiary/aromatic N) is 1. The van der Waals surface area contributed by atoms with Gasteiger partial charge in [-0.25, -0.2) is 0 Å². The normalized spacial score (nSPS) is 10.8. The molecular weight excluding hydrogens is 366 g/mol. The zero-order chi connectivity index (χ0) is 17.1. The molecule has 4 nitrogen and oxygen atoms in total. The number of hydrogen-bond donors (Lipinski definition) is 2. The predicted octanol–water partition coefficient (Wildman–Crippen LogP) is 5.21. The summed E-state index contributed by atoms with van der Waals surface area (Å²) in [7, 11) is 0. The highest BCUT2D eigenvalue weighted by Crippen LogP contribution is 2.30. The number of carbonyl (C=O) groups excluding carboxylic acids is 1. The molecule has 3 rings (SSSR count). The third-order valence-corrected chi connectivity index (χ3v) is 4.59. The Morgan fingerprint density at radius 1 is 1.08 bits per heavy atom. The van der Waals surface area contributed by atoms with Crippen LogP contribution in [-0.2, 0) is 0 Å². The number of benzene rings is 2. The molecule has 1 amide bonds. The van der Waals surface area contributed by atoms with Crippen molar-refractivity contribution in [3.05, 3.63) is 70.5 Å². The molecule has 1 heterocycles. The van der Waals surface area contributed by atoms with Gasteiger partial charge in [-0.1, -0.05) is 62.4 Å². The third-order valence-electron chi connectivity index (χ3n) is 3.79.